The van der Waals surface area contributed by atoms with E-state index in [0.29, 0.717) is 23.4 Å². The zero-order valence-electron chi connectivity index (χ0n) is 28.7. The Kier molecular flexibility index (Phi) is 10.4. The zero-order chi connectivity index (χ0) is 33.7. The fourth-order valence-corrected chi connectivity index (χ4v) is 6.75. The lowest BCUT2D eigenvalue weighted by Gasteiger charge is -2.44. The van der Waals surface area contributed by atoms with Crippen molar-refractivity contribution < 1.29 is 23.7 Å². The summed E-state index contributed by atoms with van der Waals surface area (Å²) in [5.41, 5.74) is 11.4. The number of nitrogens with two attached hydrogens (primary N) is 1. The third kappa shape index (κ3) is 6.53. The first-order valence-corrected chi connectivity index (χ1v) is 16.1. The Morgan fingerprint density at radius 2 is 1.26 bits per heavy atom. The summed E-state index contributed by atoms with van der Waals surface area (Å²) in [6, 6.07) is 24.1. The second-order valence-corrected chi connectivity index (χ2v) is 12.5. The first-order valence-electron chi connectivity index (χ1n) is 16.1. The van der Waals surface area contributed by atoms with Gasteiger partial charge in [0.1, 0.15) is 17.2 Å². The van der Waals surface area contributed by atoms with Gasteiger partial charge in [-0.2, -0.15) is 0 Å². The zero-order valence-corrected chi connectivity index (χ0v) is 28.7. The van der Waals surface area contributed by atoms with Gasteiger partial charge >= 0.3 is 5.97 Å². The number of carbonyl (C=O) groups excluding carboxylic acids is 1. The molecule has 8 nitrogen and oxygen atoms in total. The van der Waals surface area contributed by atoms with Crippen molar-refractivity contribution >= 4 is 28.0 Å². The third-order valence-electron chi connectivity index (χ3n) is 9.00. The Bertz CT molecular complexity index is 1700. The Morgan fingerprint density at radius 1 is 0.745 bits per heavy atom. The van der Waals surface area contributed by atoms with Crippen LogP contribution in [-0.4, -0.2) is 78.4 Å². The van der Waals surface area contributed by atoms with Crippen molar-refractivity contribution in [2.24, 2.45) is 0 Å². The van der Waals surface area contributed by atoms with Crippen molar-refractivity contribution in [3.05, 3.63) is 101 Å². The highest BCUT2D eigenvalue weighted by molar-refractivity contribution is 6.13. The van der Waals surface area contributed by atoms with Gasteiger partial charge in [0, 0.05) is 27.5 Å². The molecule has 0 aliphatic carbocycles. The molecule has 5 rings (SSSR count). The van der Waals surface area contributed by atoms with Gasteiger partial charge in [-0.1, -0.05) is 48.5 Å². The van der Waals surface area contributed by atoms with Crippen LogP contribution in [0.5, 0.6) is 17.2 Å². The van der Waals surface area contributed by atoms with Crippen LogP contribution in [0.3, 0.4) is 0 Å². The van der Waals surface area contributed by atoms with Crippen LogP contribution >= 0.6 is 0 Å². The predicted octanol–water partition coefficient (Wildman–Crippen LogP) is 7.00. The fraction of sp³-hybridized carbons (Fsp3) is 0.359. The van der Waals surface area contributed by atoms with E-state index in [1.54, 1.807) is 14.2 Å². The molecule has 0 radical (unpaired) electrons. The van der Waals surface area contributed by atoms with Gasteiger partial charge < -0.3 is 34.5 Å². The number of ether oxygens (including phenoxy) is 4. The monoisotopic (exact) mass is 637 g/mol. The molecule has 0 saturated heterocycles. The Balaban J connectivity index is 1.95. The van der Waals surface area contributed by atoms with E-state index in [-0.39, 0.29) is 0 Å². The molecule has 0 unspecified atom stereocenters. The van der Waals surface area contributed by atoms with Crippen molar-refractivity contribution in [2.45, 2.75) is 31.3 Å². The van der Waals surface area contributed by atoms with Gasteiger partial charge in [-0.3, -0.25) is 0 Å². The van der Waals surface area contributed by atoms with Crippen LogP contribution < -0.4 is 19.9 Å². The number of nitrogens with zero attached hydrogens (tertiary/aromatic N) is 2. The normalized spacial score (nSPS) is 13.9. The van der Waals surface area contributed by atoms with Crippen molar-refractivity contribution in [1.82, 2.24) is 9.80 Å². The smallest absolute Gasteiger partial charge is 0.340 e. The van der Waals surface area contributed by atoms with E-state index in [1.165, 1.54) is 7.11 Å². The molecule has 1 heterocycles. The van der Waals surface area contributed by atoms with Crippen LogP contribution in [0.2, 0.25) is 0 Å². The van der Waals surface area contributed by atoms with Gasteiger partial charge in [0.15, 0.2) is 5.60 Å². The van der Waals surface area contributed by atoms with Crippen LogP contribution in [0, 0.1) is 0 Å². The van der Waals surface area contributed by atoms with Gasteiger partial charge in [-0.25, -0.2) is 4.79 Å². The van der Waals surface area contributed by atoms with Crippen LogP contribution in [-0.2, 0) is 10.3 Å². The molecule has 0 bridgehead atoms. The highest BCUT2D eigenvalue weighted by atomic mass is 16.5. The molecule has 4 aromatic rings. The lowest BCUT2D eigenvalue weighted by atomic mass is 9.71. The first kappa shape index (κ1) is 33.8. The molecule has 47 heavy (non-hydrogen) atoms. The minimum atomic E-state index is -1.03. The molecule has 1 aliphatic rings. The maximum atomic E-state index is 13.7. The SMILES string of the molecule is COC(=O)c1c2c(c3ccccc3c1N)OC(c1ccc(OC)cc1)(c1ccc(OC)cc1)C(CCCN(C)C)=C2CCCN(C)C. The first-order chi connectivity index (χ1) is 22.7. The van der Waals surface area contributed by atoms with Crippen molar-refractivity contribution in [3.63, 3.8) is 0 Å². The van der Waals surface area contributed by atoms with Gasteiger partial charge in [-0.05, 0) is 102 Å². The molecule has 0 spiro atoms. The lowest BCUT2D eigenvalue weighted by Crippen LogP contribution is -2.41. The number of hydrogen-bond acceptors (Lipinski definition) is 8. The summed E-state index contributed by atoms with van der Waals surface area (Å²) in [4.78, 5) is 18.1. The van der Waals surface area contributed by atoms with E-state index in [2.05, 4.69) is 62.3 Å². The summed E-state index contributed by atoms with van der Waals surface area (Å²) < 4.78 is 24.1. The second kappa shape index (κ2) is 14.5. The average molecular weight is 638 g/mol. The standard InChI is InChI=1S/C39H47N3O5/c1-41(2)24-10-14-32-33(15-11-25-42(3)4)39(26-16-20-28(44-5)21-17-26,27-18-22-29(45-6)23-19-27)47-37-31-13-9-8-12-30(31)36(40)35(34(32)37)38(43)46-7/h8-9,12-13,16-23H,10-11,14-15,24-25,40H2,1-7H3. The number of benzene rings is 4. The molecule has 0 amide bonds. The summed E-state index contributed by atoms with van der Waals surface area (Å²) >= 11 is 0. The van der Waals surface area contributed by atoms with Crippen LogP contribution in [0.4, 0.5) is 5.69 Å². The molecule has 0 aromatic heterocycles. The van der Waals surface area contributed by atoms with Gasteiger partial charge in [0.05, 0.1) is 32.6 Å². The highest BCUT2D eigenvalue weighted by Gasteiger charge is 2.47. The number of fused-ring (bicyclic) bond motifs is 3. The third-order valence-corrected chi connectivity index (χ3v) is 9.00. The Morgan fingerprint density at radius 3 is 1.74 bits per heavy atom. The van der Waals surface area contributed by atoms with E-state index in [0.717, 1.165) is 82.5 Å². The van der Waals surface area contributed by atoms with E-state index < -0.39 is 11.6 Å². The van der Waals surface area contributed by atoms with Crippen LogP contribution in [0.1, 0.15) is 52.7 Å². The van der Waals surface area contributed by atoms with Crippen molar-refractivity contribution in [1.29, 1.82) is 0 Å². The lowest BCUT2D eigenvalue weighted by molar-refractivity contribution is 0.0599. The molecule has 4 aromatic carbocycles. The number of anilines is 1. The van der Waals surface area contributed by atoms with E-state index >= 15 is 0 Å². The predicted molar refractivity (Wildman–Crippen MR) is 190 cm³/mol. The average Bonchev–Trinajstić information content (AvgIpc) is 3.08. The summed E-state index contributed by atoms with van der Waals surface area (Å²) in [6.07, 6.45) is 3.18. The van der Waals surface area contributed by atoms with E-state index in [4.69, 9.17) is 24.7 Å². The number of hydrogen-bond donors (Lipinski definition) is 1. The number of nitrogen functional groups attached to an aromatic ring is 1. The largest absolute Gasteiger partial charge is 0.497 e. The van der Waals surface area contributed by atoms with Gasteiger partial charge in [0.2, 0.25) is 0 Å². The summed E-state index contributed by atoms with van der Waals surface area (Å²) in [7, 11) is 13.1. The number of allylic oxidation sites excluding steroid dienone is 1. The number of rotatable bonds is 13. The van der Waals surface area contributed by atoms with E-state index in [9.17, 15) is 4.79 Å². The molecular formula is C39H47N3O5. The highest BCUT2D eigenvalue weighted by Crippen LogP contribution is 2.56. The summed E-state index contributed by atoms with van der Waals surface area (Å²) in [6.45, 7) is 1.76. The maximum absolute atomic E-state index is 13.7. The molecule has 0 fully saturated rings. The quantitative estimate of drug-likeness (QED) is 0.124. The molecule has 2 N–H and O–H groups in total. The van der Waals surface area contributed by atoms with Crippen molar-refractivity contribution in [3.8, 4) is 17.2 Å². The molecule has 248 valence electrons. The summed E-state index contributed by atoms with van der Waals surface area (Å²) in [5.74, 6) is 1.65. The minimum absolute atomic E-state index is 0.351. The van der Waals surface area contributed by atoms with Crippen LogP contribution in [0.15, 0.2) is 78.4 Å². The topological polar surface area (TPSA) is 86.5 Å². The molecular weight excluding hydrogens is 590 g/mol. The maximum Gasteiger partial charge on any atom is 0.340 e. The molecule has 0 saturated carbocycles. The Hall–Kier alpha value is -4.53. The van der Waals surface area contributed by atoms with Gasteiger partial charge in [-0.15, -0.1) is 0 Å². The number of methoxy groups -OCH3 is 3. The number of carbonyl (C=O) groups is 1. The van der Waals surface area contributed by atoms with Gasteiger partial charge in [0.25, 0.3) is 0 Å². The minimum Gasteiger partial charge on any atom is -0.497 e. The molecule has 0 atom stereocenters. The number of esters is 1. The summed E-state index contributed by atoms with van der Waals surface area (Å²) in [5, 5.41) is 1.59. The van der Waals surface area contributed by atoms with Crippen LogP contribution in [0.25, 0.3) is 16.3 Å². The molecule has 1 aliphatic heterocycles. The van der Waals surface area contributed by atoms with E-state index in [1.807, 2.05) is 48.5 Å². The molecule has 8 heteroatoms. The van der Waals surface area contributed by atoms with Crippen molar-refractivity contribution in [2.75, 3.05) is 68.3 Å². The Labute approximate surface area is 278 Å². The second-order valence-electron chi connectivity index (χ2n) is 12.5. The fourth-order valence-electron chi connectivity index (χ4n) is 6.75.